The Morgan fingerprint density at radius 1 is 1.25 bits per heavy atom. The zero-order valence-electron chi connectivity index (χ0n) is 11.3. The van der Waals surface area contributed by atoms with E-state index in [1.807, 2.05) is 6.92 Å². The molecule has 1 rings (SSSR count). The molecule has 0 amide bonds. The smallest absolute Gasteiger partial charge is 0.104 e. The molecule has 1 N–H and O–H groups in total. The van der Waals surface area contributed by atoms with E-state index in [1.54, 1.807) is 0 Å². The Balaban J connectivity index is 2.59. The van der Waals surface area contributed by atoms with Crippen LogP contribution in [0.5, 0.6) is 0 Å². The zero-order valence-corrected chi connectivity index (χ0v) is 11.3. The van der Waals surface area contributed by atoms with Crippen molar-refractivity contribution in [2.75, 3.05) is 13.1 Å². The maximum Gasteiger partial charge on any atom is 0.104 e. The van der Waals surface area contributed by atoms with Gasteiger partial charge in [0.05, 0.1) is 0 Å². The van der Waals surface area contributed by atoms with Gasteiger partial charge in [-0.1, -0.05) is 20.8 Å². The fourth-order valence-electron chi connectivity index (χ4n) is 2.14. The minimum absolute atomic E-state index is 0.197. The molecule has 0 aliphatic carbocycles. The zero-order chi connectivity index (χ0) is 12.2. The number of furan rings is 1. The van der Waals surface area contributed by atoms with Gasteiger partial charge in [-0.3, -0.25) is 0 Å². The van der Waals surface area contributed by atoms with Crippen LogP contribution in [-0.2, 0) is 5.41 Å². The number of aryl methyl sites for hydroxylation is 2. The molecule has 0 radical (unpaired) electrons. The molecule has 0 unspecified atom stereocenters. The molecule has 0 bridgehead atoms. The lowest BCUT2D eigenvalue weighted by Crippen LogP contribution is -2.26. The molecule has 0 atom stereocenters. The minimum Gasteiger partial charge on any atom is -0.466 e. The van der Waals surface area contributed by atoms with Gasteiger partial charge in [0.1, 0.15) is 11.5 Å². The summed E-state index contributed by atoms with van der Waals surface area (Å²) < 4.78 is 5.61. The standard InChI is InChI=1S/C14H25NO/c1-6-8-15-9-7-14(4,5)13-10-11(2)16-12(13)3/h10,15H,6-9H2,1-5H3. The second-order valence-electron chi connectivity index (χ2n) is 5.21. The molecule has 16 heavy (non-hydrogen) atoms. The van der Waals surface area contributed by atoms with Crippen LogP contribution in [-0.4, -0.2) is 13.1 Å². The van der Waals surface area contributed by atoms with E-state index < -0.39 is 0 Å². The lowest BCUT2D eigenvalue weighted by Gasteiger charge is -2.24. The van der Waals surface area contributed by atoms with Crippen LogP contribution >= 0.6 is 0 Å². The summed E-state index contributed by atoms with van der Waals surface area (Å²) in [6.45, 7) is 13.0. The number of nitrogens with one attached hydrogen (secondary N) is 1. The predicted molar refractivity (Wildman–Crippen MR) is 69.0 cm³/mol. The van der Waals surface area contributed by atoms with Crippen molar-refractivity contribution in [1.29, 1.82) is 0 Å². The molecule has 0 saturated heterocycles. The van der Waals surface area contributed by atoms with Crippen LogP contribution in [0.15, 0.2) is 10.5 Å². The fourth-order valence-corrected chi connectivity index (χ4v) is 2.14. The summed E-state index contributed by atoms with van der Waals surface area (Å²) in [5, 5.41) is 3.46. The summed E-state index contributed by atoms with van der Waals surface area (Å²) in [5.41, 5.74) is 1.55. The monoisotopic (exact) mass is 223 g/mol. The molecule has 1 heterocycles. The van der Waals surface area contributed by atoms with Gasteiger partial charge >= 0.3 is 0 Å². The van der Waals surface area contributed by atoms with E-state index in [2.05, 4.69) is 39.1 Å². The van der Waals surface area contributed by atoms with Crippen molar-refractivity contribution >= 4 is 0 Å². The Morgan fingerprint density at radius 2 is 1.94 bits per heavy atom. The van der Waals surface area contributed by atoms with E-state index in [4.69, 9.17) is 4.42 Å². The molecule has 0 spiro atoms. The first-order chi connectivity index (χ1) is 7.47. The second-order valence-corrected chi connectivity index (χ2v) is 5.21. The lowest BCUT2D eigenvalue weighted by atomic mass is 9.81. The Hall–Kier alpha value is -0.760. The van der Waals surface area contributed by atoms with Crippen LogP contribution in [0.3, 0.4) is 0 Å². The van der Waals surface area contributed by atoms with E-state index in [9.17, 15) is 0 Å². The van der Waals surface area contributed by atoms with Crippen molar-refractivity contribution in [3.63, 3.8) is 0 Å². The second kappa shape index (κ2) is 5.53. The molecule has 92 valence electrons. The molecule has 0 aromatic carbocycles. The highest BCUT2D eigenvalue weighted by Gasteiger charge is 2.24. The number of rotatable bonds is 6. The topological polar surface area (TPSA) is 25.2 Å². The molecule has 0 saturated carbocycles. The highest BCUT2D eigenvalue weighted by Crippen LogP contribution is 2.31. The molecule has 0 aliphatic rings. The third-order valence-electron chi connectivity index (χ3n) is 3.12. The molecule has 0 fully saturated rings. The summed E-state index contributed by atoms with van der Waals surface area (Å²) in [7, 11) is 0. The largest absolute Gasteiger partial charge is 0.466 e. The Morgan fingerprint density at radius 3 is 2.44 bits per heavy atom. The van der Waals surface area contributed by atoms with Gasteiger partial charge < -0.3 is 9.73 Å². The number of hydrogen-bond donors (Lipinski definition) is 1. The summed E-state index contributed by atoms with van der Waals surface area (Å²) in [6, 6.07) is 2.18. The van der Waals surface area contributed by atoms with Crippen LogP contribution in [0.1, 0.15) is 50.7 Å². The SMILES string of the molecule is CCCNCCC(C)(C)c1cc(C)oc1C. The van der Waals surface area contributed by atoms with E-state index in [1.165, 1.54) is 12.0 Å². The Labute approximate surface area is 99.4 Å². The third kappa shape index (κ3) is 3.38. The van der Waals surface area contributed by atoms with E-state index in [0.29, 0.717) is 0 Å². The van der Waals surface area contributed by atoms with Crippen LogP contribution in [0, 0.1) is 13.8 Å². The van der Waals surface area contributed by atoms with Gasteiger partial charge in [-0.2, -0.15) is 0 Å². The quantitative estimate of drug-likeness (QED) is 0.746. The Kier molecular flexibility index (Phi) is 4.60. The van der Waals surface area contributed by atoms with Gasteiger partial charge in [-0.15, -0.1) is 0 Å². The molecular formula is C14H25NO. The highest BCUT2D eigenvalue weighted by molar-refractivity contribution is 5.28. The van der Waals surface area contributed by atoms with Crippen molar-refractivity contribution in [3.05, 3.63) is 23.2 Å². The summed E-state index contributed by atoms with van der Waals surface area (Å²) in [5.74, 6) is 2.08. The molecule has 2 heteroatoms. The minimum atomic E-state index is 0.197. The maximum absolute atomic E-state index is 5.61. The average molecular weight is 223 g/mol. The molecule has 0 aliphatic heterocycles. The van der Waals surface area contributed by atoms with Crippen molar-refractivity contribution in [2.45, 2.75) is 52.9 Å². The van der Waals surface area contributed by atoms with Crippen molar-refractivity contribution < 1.29 is 4.42 Å². The van der Waals surface area contributed by atoms with E-state index in [-0.39, 0.29) is 5.41 Å². The van der Waals surface area contributed by atoms with Gasteiger partial charge in [0.15, 0.2) is 0 Å². The van der Waals surface area contributed by atoms with Gasteiger partial charge in [-0.05, 0) is 56.8 Å². The normalized spacial score (nSPS) is 12.1. The summed E-state index contributed by atoms with van der Waals surface area (Å²) >= 11 is 0. The average Bonchev–Trinajstić information content (AvgIpc) is 2.53. The van der Waals surface area contributed by atoms with Crippen LogP contribution in [0.2, 0.25) is 0 Å². The van der Waals surface area contributed by atoms with Gasteiger partial charge in [0.2, 0.25) is 0 Å². The highest BCUT2D eigenvalue weighted by atomic mass is 16.3. The first kappa shape index (κ1) is 13.3. The van der Waals surface area contributed by atoms with Crippen LogP contribution in [0.25, 0.3) is 0 Å². The van der Waals surface area contributed by atoms with Crippen molar-refractivity contribution in [2.24, 2.45) is 0 Å². The molecule has 1 aromatic rings. The van der Waals surface area contributed by atoms with Gasteiger partial charge in [0.25, 0.3) is 0 Å². The lowest BCUT2D eigenvalue weighted by molar-refractivity contribution is 0.438. The van der Waals surface area contributed by atoms with Crippen LogP contribution < -0.4 is 5.32 Å². The van der Waals surface area contributed by atoms with Gasteiger partial charge in [0, 0.05) is 0 Å². The first-order valence-corrected chi connectivity index (χ1v) is 6.25. The van der Waals surface area contributed by atoms with Crippen molar-refractivity contribution in [3.8, 4) is 0 Å². The Bertz CT molecular complexity index is 325. The maximum atomic E-state index is 5.61. The summed E-state index contributed by atoms with van der Waals surface area (Å²) in [4.78, 5) is 0. The van der Waals surface area contributed by atoms with Crippen molar-refractivity contribution in [1.82, 2.24) is 5.32 Å². The fraction of sp³-hybridized carbons (Fsp3) is 0.714. The van der Waals surface area contributed by atoms with E-state index >= 15 is 0 Å². The van der Waals surface area contributed by atoms with Crippen LogP contribution in [0.4, 0.5) is 0 Å². The predicted octanol–water partition coefficient (Wildman–Crippen LogP) is 3.56. The summed E-state index contributed by atoms with van der Waals surface area (Å²) in [6.07, 6.45) is 2.34. The number of hydrogen-bond acceptors (Lipinski definition) is 2. The molecule has 2 nitrogen and oxygen atoms in total. The molecule has 1 aromatic heterocycles. The molecular weight excluding hydrogens is 198 g/mol. The van der Waals surface area contributed by atoms with Gasteiger partial charge in [-0.25, -0.2) is 0 Å². The first-order valence-electron chi connectivity index (χ1n) is 6.25. The van der Waals surface area contributed by atoms with E-state index in [0.717, 1.165) is 31.0 Å². The third-order valence-corrected chi connectivity index (χ3v) is 3.12.